The van der Waals surface area contributed by atoms with Gasteiger partial charge in [-0.1, -0.05) is 126 Å². The van der Waals surface area contributed by atoms with E-state index in [1.807, 2.05) is 6.20 Å². The number of aromatic nitrogens is 2. The SMILES string of the molecule is CC(C)(C)c1cccc(N2[CH-]N(c3[c-]c(S(c4[c-]c5c(cc4)c4ccccc4n5-c4cc(C(C)(C)C)ccn4)(c4ccccc4)c4ccccc4)ccc3)c3ccccc32)c1.[Pt]. The Balaban J connectivity index is 0.00000490. The molecule has 0 atom stereocenters. The van der Waals surface area contributed by atoms with Gasteiger partial charge in [0.15, 0.2) is 0 Å². The van der Waals surface area contributed by atoms with E-state index >= 15 is 0 Å². The van der Waals surface area contributed by atoms with Crippen molar-refractivity contribution >= 4 is 54.6 Å². The predicted molar refractivity (Wildman–Crippen MR) is 255 cm³/mol. The molecule has 62 heavy (non-hydrogen) atoms. The van der Waals surface area contributed by atoms with Gasteiger partial charge in [0, 0.05) is 49.8 Å². The Hall–Kier alpha value is -5.87. The molecule has 0 amide bonds. The average Bonchev–Trinajstić information content (AvgIpc) is 3.83. The fraction of sp³-hybridized carbons (Fsp3) is 0.143. The van der Waals surface area contributed by atoms with E-state index in [2.05, 4.69) is 251 Å². The number of benzene rings is 7. The molecule has 10 rings (SSSR count). The van der Waals surface area contributed by atoms with Gasteiger partial charge >= 0.3 is 0 Å². The zero-order valence-electron chi connectivity index (χ0n) is 35.9. The molecule has 2 aromatic heterocycles. The van der Waals surface area contributed by atoms with Crippen LogP contribution in [0.3, 0.4) is 0 Å². The molecule has 6 heteroatoms. The summed E-state index contributed by atoms with van der Waals surface area (Å²) < 4.78 is 2.31. The third-order valence-corrected chi connectivity index (χ3v) is 15.6. The van der Waals surface area contributed by atoms with E-state index in [-0.39, 0.29) is 31.9 Å². The van der Waals surface area contributed by atoms with Gasteiger partial charge < -0.3 is 14.4 Å². The molecular weight excluding hydrogens is 956 g/mol. The van der Waals surface area contributed by atoms with E-state index in [4.69, 9.17) is 4.98 Å². The molecule has 1 aliphatic rings. The van der Waals surface area contributed by atoms with Crippen LogP contribution in [0.5, 0.6) is 0 Å². The molecule has 9 aromatic rings. The average molecular weight is 1010 g/mol. The molecule has 312 valence electrons. The Labute approximate surface area is 382 Å². The predicted octanol–water partition coefficient (Wildman–Crippen LogP) is 15.1. The number of anilines is 4. The monoisotopic (exact) mass is 1000 g/mol. The molecule has 0 saturated heterocycles. The van der Waals surface area contributed by atoms with Crippen LogP contribution in [0.4, 0.5) is 22.7 Å². The minimum absolute atomic E-state index is 0. The van der Waals surface area contributed by atoms with Crippen molar-refractivity contribution in [1.29, 1.82) is 0 Å². The summed E-state index contributed by atoms with van der Waals surface area (Å²) in [6.45, 7) is 15.8. The van der Waals surface area contributed by atoms with Crippen molar-refractivity contribution < 1.29 is 21.1 Å². The largest absolute Gasteiger partial charge is 0.493 e. The van der Waals surface area contributed by atoms with Gasteiger partial charge in [-0.2, -0.15) is 34.3 Å². The summed E-state index contributed by atoms with van der Waals surface area (Å²) in [6, 6.07) is 72.1. The molecule has 3 heterocycles. The van der Waals surface area contributed by atoms with Crippen molar-refractivity contribution in [2.75, 3.05) is 9.80 Å². The molecule has 0 N–H and O–H groups in total. The second kappa shape index (κ2) is 16.1. The second-order valence-electron chi connectivity index (χ2n) is 17.9. The molecule has 1 aliphatic heterocycles. The van der Waals surface area contributed by atoms with Crippen molar-refractivity contribution in [2.45, 2.75) is 72.0 Å². The molecular formula is C56H49N4PtS-3. The van der Waals surface area contributed by atoms with Crippen LogP contribution < -0.4 is 9.80 Å². The van der Waals surface area contributed by atoms with Gasteiger partial charge in [-0.15, -0.1) is 45.7 Å². The molecule has 0 aliphatic carbocycles. The maximum atomic E-state index is 5.01. The van der Waals surface area contributed by atoms with E-state index in [9.17, 15) is 0 Å². The molecule has 0 radical (unpaired) electrons. The van der Waals surface area contributed by atoms with Crippen LogP contribution in [-0.4, -0.2) is 9.55 Å². The normalized spacial score (nSPS) is 13.3. The number of para-hydroxylation sites is 3. The Bertz CT molecular complexity index is 3010. The fourth-order valence-electron chi connectivity index (χ4n) is 8.70. The van der Waals surface area contributed by atoms with Gasteiger partial charge in [0.05, 0.1) is 0 Å². The maximum absolute atomic E-state index is 5.01. The van der Waals surface area contributed by atoms with E-state index in [0.717, 1.165) is 54.8 Å². The van der Waals surface area contributed by atoms with Gasteiger partial charge in [-0.3, -0.25) is 0 Å². The van der Waals surface area contributed by atoms with Crippen LogP contribution >= 0.6 is 10.0 Å². The third kappa shape index (κ3) is 7.06. The summed E-state index contributed by atoms with van der Waals surface area (Å²) in [7, 11) is -2.19. The minimum Gasteiger partial charge on any atom is -0.493 e. The van der Waals surface area contributed by atoms with Gasteiger partial charge in [-0.25, -0.2) is 4.98 Å². The van der Waals surface area contributed by atoms with Gasteiger partial charge in [-0.05, 0) is 104 Å². The molecule has 4 nitrogen and oxygen atoms in total. The van der Waals surface area contributed by atoms with Crippen molar-refractivity contribution in [3.8, 4) is 5.82 Å². The Morgan fingerprint density at radius 2 is 1.11 bits per heavy atom. The van der Waals surface area contributed by atoms with Crippen LogP contribution in [0.15, 0.2) is 202 Å². The number of fused-ring (bicyclic) bond motifs is 4. The topological polar surface area (TPSA) is 24.3 Å². The molecule has 0 bridgehead atoms. The fourth-order valence-corrected chi connectivity index (χ4v) is 12.4. The molecule has 0 fully saturated rings. The van der Waals surface area contributed by atoms with Crippen molar-refractivity contribution in [1.82, 2.24) is 9.55 Å². The molecule has 7 aromatic carbocycles. The Kier molecular flexibility index (Phi) is 10.8. The third-order valence-electron chi connectivity index (χ3n) is 11.9. The van der Waals surface area contributed by atoms with E-state index in [1.54, 1.807) is 0 Å². The van der Waals surface area contributed by atoms with Crippen LogP contribution in [0.2, 0.25) is 0 Å². The quantitative estimate of drug-likeness (QED) is 0.149. The summed E-state index contributed by atoms with van der Waals surface area (Å²) in [6.07, 6.45) is 1.94. The van der Waals surface area contributed by atoms with E-state index in [1.165, 1.54) is 26.3 Å². The van der Waals surface area contributed by atoms with Gasteiger partial charge in [0.25, 0.3) is 0 Å². The molecule has 0 saturated carbocycles. The number of hydrogen-bond acceptors (Lipinski definition) is 3. The smallest absolute Gasteiger partial charge is 0.135 e. The maximum Gasteiger partial charge on any atom is 0.135 e. The Morgan fingerprint density at radius 3 is 1.81 bits per heavy atom. The first kappa shape index (κ1) is 41.5. The zero-order chi connectivity index (χ0) is 41.9. The number of pyridine rings is 1. The van der Waals surface area contributed by atoms with E-state index in [0.29, 0.717) is 0 Å². The number of rotatable bonds is 7. The first-order valence-corrected chi connectivity index (χ1v) is 22.7. The summed E-state index contributed by atoms with van der Waals surface area (Å²) >= 11 is 0. The van der Waals surface area contributed by atoms with Crippen LogP contribution in [-0.2, 0) is 31.9 Å². The van der Waals surface area contributed by atoms with Crippen molar-refractivity contribution in [3.63, 3.8) is 0 Å². The van der Waals surface area contributed by atoms with Crippen molar-refractivity contribution in [2.24, 2.45) is 0 Å². The molecule has 0 unspecified atom stereocenters. The van der Waals surface area contributed by atoms with Crippen molar-refractivity contribution in [3.05, 3.63) is 212 Å². The minimum atomic E-state index is -2.19. The van der Waals surface area contributed by atoms with Gasteiger partial charge in [0.2, 0.25) is 0 Å². The Morgan fingerprint density at radius 1 is 0.516 bits per heavy atom. The standard InChI is InChI=1S/C56H49N4S.Pt/c1-55(2,3)40-19-17-20-42(35-40)58-39-59(52-30-16-15-29-51(52)58)43-21-18-26-46(37-43)61(44-22-9-7-10-23-44,45-24-11-8-12-25-45)47-31-32-49-48-27-13-14-28-50(48)60(53(49)38-47)54-36-41(33-34-57-54)56(4,5)6;/h7-36,39H,1-6H3;/q-3;. The number of nitrogens with zero attached hydrogens (tertiary/aromatic N) is 4. The van der Waals surface area contributed by atoms with Gasteiger partial charge in [0.1, 0.15) is 5.82 Å². The first-order chi connectivity index (χ1) is 29.5. The summed E-state index contributed by atoms with van der Waals surface area (Å²) in [4.78, 5) is 14.3. The first-order valence-electron chi connectivity index (χ1n) is 21.0. The van der Waals surface area contributed by atoms with Crippen LogP contribution in [0.1, 0.15) is 52.7 Å². The zero-order valence-corrected chi connectivity index (χ0v) is 39.0. The number of hydrogen-bond donors (Lipinski definition) is 0. The van der Waals surface area contributed by atoms with E-state index < -0.39 is 10.0 Å². The van der Waals surface area contributed by atoms with Crippen LogP contribution in [0.25, 0.3) is 27.6 Å². The van der Waals surface area contributed by atoms with Crippen LogP contribution in [0, 0.1) is 18.8 Å². The molecule has 0 spiro atoms. The summed E-state index contributed by atoms with van der Waals surface area (Å²) in [5.74, 6) is 0.890. The summed E-state index contributed by atoms with van der Waals surface area (Å²) in [5, 5.41) is 2.33. The second-order valence-corrected chi connectivity index (χ2v) is 20.9. The summed E-state index contributed by atoms with van der Waals surface area (Å²) in [5.41, 5.74) is 8.99.